The summed E-state index contributed by atoms with van der Waals surface area (Å²) in [6.45, 7) is 1.68. The lowest BCUT2D eigenvalue weighted by Crippen LogP contribution is -2.41. The van der Waals surface area contributed by atoms with Gasteiger partial charge in [0.15, 0.2) is 0 Å². The maximum absolute atomic E-state index is 12.0. The first-order valence-corrected chi connectivity index (χ1v) is 8.80. The van der Waals surface area contributed by atoms with Crippen LogP contribution in [0.2, 0.25) is 0 Å². The molecule has 0 fully saturated rings. The van der Waals surface area contributed by atoms with Gasteiger partial charge in [-0.25, -0.2) is 13.1 Å². The Labute approximate surface area is 118 Å². The van der Waals surface area contributed by atoms with Gasteiger partial charge in [0, 0.05) is 17.0 Å². The number of anilines is 1. The van der Waals surface area contributed by atoms with Gasteiger partial charge in [0.05, 0.1) is 12.4 Å². The standard InChI is InChI=1S/C12H20N2O3S2/c1-9(12(7-15)18-2)14-19(16,17)8-10-4-3-5-11(13)6-10/h3-6,9,12,14-15H,7-8,13H2,1-2H3. The number of rotatable bonds is 7. The van der Waals surface area contributed by atoms with Crippen LogP contribution in [0.25, 0.3) is 0 Å². The SMILES string of the molecule is CSC(CO)C(C)NS(=O)(=O)Cc1cccc(N)c1. The number of nitrogens with two attached hydrogens (primary N) is 1. The summed E-state index contributed by atoms with van der Waals surface area (Å²) in [6.07, 6.45) is 1.84. The van der Waals surface area contributed by atoms with Gasteiger partial charge in [0.2, 0.25) is 10.0 Å². The minimum atomic E-state index is -3.45. The third kappa shape index (κ3) is 5.40. The van der Waals surface area contributed by atoms with Crippen molar-refractivity contribution in [2.24, 2.45) is 0 Å². The molecule has 0 bridgehead atoms. The molecule has 0 saturated carbocycles. The lowest BCUT2D eigenvalue weighted by molar-refractivity contribution is 0.282. The van der Waals surface area contributed by atoms with Crippen molar-refractivity contribution in [3.05, 3.63) is 29.8 Å². The molecule has 19 heavy (non-hydrogen) atoms. The molecule has 0 radical (unpaired) electrons. The maximum atomic E-state index is 12.0. The van der Waals surface area contributed by atoms with Crippen LogP contribution in [0.15, 0.2) is 24.3 Å². The predicted molar refractivity (Wildman–Crippen MR) is 80.5 cm³/mol. The van der Waals surface area contributed by atoms with Gasteiger partial charge in [0.25, 0.3) is 0 Å². The molecule has 0 aliphatic carbocycles. The van der Waals surface area contributed by atoms with Gasteiger partial charge in [-0.05, 0) is 30.9 Å². The number of sulfonamides is 1. The van der Waals surface area contributed by atoms with E-state index in [0.717, 1.165) is 0 Å². The highest BCUT2D eigenvalue weighted by atomic mass is 32.2. The first kappa shape index (κ1) is 16.3. The summed E-state index contributed by atoms with van der Waals surface area (Å²) in [4.78, 5) is 0. The van der Waals surface area contributed by atoms with Crippen molar-refractivity contribution in [1.29, 1.82) is 0 Å². The van der Waals surface area contributed by atoms with Gasteiger partial charge in [0.1, 0.15) is 0 Å². The Morgan fingerprint density at radius 2 is 2.16 bits per heavy atom. The lowest BCUT2D eigenvalue weighted by atomic mass is 10.2. The molecule has 7 heteroatoms. The summed E-state index contributed by atoms with van der Waals surface area (Å²) < 4.78 is 26.6. The van der Waals surface area contributed by atoms with Gasteiger partial charge >= 0.3 is 0 Å². The number of hydrogen-bond donors (Lipinski definition) is 3. The van der Waals surface area contributed by atoms with Crippen LogP contribution < -0.4 is 10.5 Å². The number of benzene rings is 1. The summed E-state index contributed by atoms with van der Waals surface area (Å²) in [5.74, 6) is -0.116. The molecule has 5 nitrogen and oxygen atoms in total. The fraction of sp³-hybridized carbons (Fsp3) is 0.500. The predicted octanol–water partition coefficient (Wildman–Crippen LogP) is 0.801. The average Bonchev–Trinajstić information content (AvgIpc) is 2.28. The first-order valence-electron chi connectivity index (χ1n) is 5.86. The number of thioether (sulfide) groups is 1. The number of nitrogen functional groups attached to an aromatic ring is 1. The van der Waals surface area contributed by atoms with E-state index >= 15 is 0 Å². The molecule has 1 rings (SSSR count). The molecule has 1 aromatic carbocycles. The summed E-state index contributed by atoms with van der Waals surface area (Å²) >= 11 is 1.43. The average molecular weight is 304 g/mol. The highest BCUT2D eigenvalue weighted by Crippen LogP contribution is 2.14. The minimum Gasteiger partial charge on any atom is -0.399 e. The Hall–Kier alpha value is -0.760. The molecule has 0 saturated heterocycles. The fourth-order valence-electron chi connectivity index (χ4n) is 1.74. The maximum Gasteiger partial charge on any atom is 0.216 e. The van der Waals surface area contributed by atoms with Crippen LogP contribution in [-0.4, -0.2) is 37.7 Å². The third-order valence-corrected chi connectivity index (χ3v) is 5.32. The van der Waals surface area contributed by atoms with E-state index in [9.17, 15) is 8.42 Å². The number of aliphatic hydroxyl groups is 1. The van der Waals surface area contributed by atoms with Crippen molar-refractivity contribution in [2.75, 3.05) is 18.6 Å². The minimum absolute atomic E-state index is 0.0663. The van der Waals surface area contributed by atoms with Crippen LogP contribution in [0.4, 0.5) is 5.69 Å². The van der Waals surface area contributed by atoms with Crippen molar-refractivity contribution in [1.82, 2.24) is 4.72 Å². The quantitative estimate of drug-likeness (QED) is 0.648. The normalized spacial score (nSPS) is 15.1. The molecule has 2 unspecified atom stereocenters. The van der Waals surface area contributed by atoms with E-state index in [1.807, 2.05) is 6.26 Å². The van der Waals surface area contributed by atoms with Crippen LogP contribution in [0.3, 0.4) is 0 Å². The van der Waals surface area contributed by atoms with E-state index in [4.69, 9.17) is 10.8 Å². The number of hydrogen-bond acceptors (Lipinski definition) is 5. The Bertz CT molecular complexity index is 501. The van der Waals surface area contributed by atoms with Crippen molar-refractivity contribution in [3.63, 3.8) is 0 Å². The van der Waals surface area contributed by atoms with E-state index in [1.54, 1.807) is 31.2 Å². The molecule has 0 spiro atoms. The highest BCUT2D eigenvalue weighted by molar-refractivity contribution is 7.99. The van der Waals surface area contributed by atoms with Crippen LogP contribution in [0, 0.1) is 0 Å². The van der Waals surface area contributed by atoms with Gasteiger partial charge in [-0.3, -0.25) is 0 Å². The zero-order chi connectivity index (χ0) is 14.5. The topological polar surface area (TPSA) is 92.4 Å². The van der Waals surface area contributed by atoms with Gasteiger partial charge < -0.3 is 10.8 Å². The molecule has 0 amide bonds. The van der Waals surface area contributed by atoms with E-state index in [-0.39, 0.29) is 23.7 Å². The molecular formula is C12H20N2O3S2. The van der Waals surface area contributed by atoms with Crippen LogP contribution >= 0.6 is 11.8 Å². The van der Waals surface area contributed by atoms with Gasteiger partial charge in [-0.1, -0.05) is 12.1 Å². The Kier molecular flexibility index (Phi) is 6.12. The van der Waals surface area contributed by atoms with Crippen molar-refractivity contribution >= 4 is 27.5 Å². The second-order valence-electron chi connectivity index (χ2n) is 4.37. The molecule has 0 aliphatic heterocycles. The highest BCUT2D eigenvalue weighted by Gasteiger charge is 2.21. The van der Waals surface area contributed by atoms with E-state index < -0.39 is 10.0 Å². The number of aliphatic hydroxyl groups excluding tert-OH is 1. The second-order valence-corrected chi connectivity index (χ2v) is 7.20. The van der Waals surface area contributed by atoms with Crippen LogP contribution in [0.1, 0.15) is 12.5 Å². The molecular weight excluding hydrogens is 284 g/mol. The Morgan fingerprint density at radius 1 is 1.47 bits per heavy atom. The van der Waals surface area contributed by atoms with Gasteiger partial charge in [-0.2, -0.15) is 11.8 Å². The zero-order valence-corrected chi connectivity index (χ0v) is 12.7. The summed E-state index contributed by atoms with van der Waals surface area (Å²) in [7, 11) is -3.45. The molecule has 108 valence electrons. The van der Waals surface area contributed by atoms with E-state index in [0.29, 0.717) is 11.3 Å². The van der Waals surface area contributed by atoms with Crippen LogP contribution in [0.5, 0.6) is 0 Å². The van der Waals surface area contributed by atoms with Crippen LogP contribution in [-0.2, 0) is 15.8 Å². The van der Waals surface area contributed by atoms with Crippen molar-refractivity contribution in [2.45, 2.75) is 24.0 Å². The molecule has 4 N–H and O–H groups in total. The third-order valence-electron chi connectivity index (χ3n) is 2.71. The summed E-state index contributed by atoms with van der Waals surface area (Å²) in [6, 6.07) is 6.47. The van der Waals surface area contributed by atoms with E-state index in [2.05, 4.69) is 4.72 Å². The molecule has 1 aromatic rings. The fourth-order valence-corrected chi connectivity index (χ4v) is 3.88. The molecule has 0 aromatic heterocycles. The van der Waals surface area contributed by atoms with Crippen molar-refractivity contribution in [3.8, 4) is 0 Å². The Balaban J connectivity index is 2.71. The lowest BCUT2D eigenvalue weighted by Gasteiger charge is -2.21. The smallest absolute Gasteiger partial charge is 0.216 e. The summed E-state index contributed by atoms with van der Waals surface area (Å²) in [5, 5.41) is 8.99. The molecule has 0 aliphatic rings. The second kappa shape index (κ2) is 7.14. The van der Waals surface area contributed by atoms with Gasteiger partial charge in [-0.15, -0.1) is 0 Å². The zero-order valence-electron chi connectivity index (χ0n) is 11.0. The molecule has 2 atom stereocenters. The number of nitrogens with one attached hydrogen (secondary N) is 1. The monoisotopic (exact) mass is 304 g/mol. The summed E-state index contributed by atoms with van der Waals surface area (Å²) in [5.41, 5.74) is 6.80. The largest absolute Gasteiger partial charge is 0.399 e. The van der Waals surface area contributed by atoms with E-state index in [1.165, 1.54) is 11.8 Å². The van der Waals surface area contributed by atoms with Crippen molar-refractivity contribution < 1.29 is 13.5 Å². The first-order chi connectivity index (χ1) is 8.88. The molecule has 0 heterocycles. The Morgan fingerprint density at radius 3 is 2.68 bits per heavy atom.